The van der Waals surface area contributed by atoms with E-state index in [9.17, 15) is 0 Å². The lowest BCUT2D eigenvalue weighted by atomic mass is 10.2. The molecular formula is C16H16ClN5S. The number of thioether (sulfide) groups is 1. The van der Waals surface area contributed by atoms with Crippen LogP contribution in [0.5, 0.6) is 0 Å². The third-order valence-corrected chi connectivity index (χ3v) is 4.46. The Morgan fingerprint density at radius 3 is 2.61 bits per heavy atom. The summed E-state index contributed by atoms with van der Waals surface area (Å²) in [7, 11) is 0. The van der Waals surface area contributed by atoms with Gasteiger partial charge in [-0.05, 0) is 40.3 Å². The van der Waals surface area contributed by atoms with E-state index in [1.807, 2.05) is 54.2 Å². The maximum Gasteiger partial charge on any atom is 0.247 e. The lowest BCUT2D eigenvalue weighted by molar-refractivity contribution is 0.790. The van der Waals surface area contributed by atoms with Crippen molar-refractivity contribution in [1.82, 2.24) is 20.2 Å². The fraction of sp³-hybridized carbons (Fsp3) is 0.188. The molecule has 0 aliphatic carbocycles. The molecule has 0 fully saturated rings. The van der Waals surface area contributed by atoms with E-state index in [-0.39, 0.29) is 0 Å². The first-order valence-electron chi connectivity index (χ1n) is 7.23. The summed E-state index contributed by atoms with van der Waals surface area (Å²) in [5.41, 5.74) is 2.21. The van der Waals surface area contributed by atoms with Crippen LogP contribution in [0.1, 0.15) is 5.56 Å². The molecule has 0 aliphatic rings. The highest BCUT2D eigenvalue weighted by molar-refractivity contribution is 7.98. The molecule has 118 valence electrons. The van der Waals surface area contributed by atoms with E-state index in [4.69, 9.17) is 11.6 Å². The Labute approximate surface area is 144 Å². The lowest BCUT2D eigenvalue weighted by Crippen LogP contribution is -2.10. The number of hydrogen-bond donors (Lipinski definition) is 1. The van der Waals surface area contributed by atoms with Gasteiger partial charge in [-0.1, -0.05) is 47.0 Å². The average molecular weight is 346 g/mol. The van der Waals surface area contributed by atoms with Gasteiger partial charge in [-0.3, -0.25) is 0 Å². The molecule has 0 saturated heterocycles. The first-order valence-corrected chi connectivity index (χ1v) is 8.76. The van der Waals surface area contributed by atoms with Gasteiger partial charge in [0.1, 0.15) is 0 Å². The van der Waals surface area contributed by atoms with Crippen LogP contribution in [0.15, 0.2) is 54.6 Å². The number of rotatable bonds is 7. The monoisotopic (exact) mass is 345 g/mol. The van der Waals surface area contributed by atoms with Crippen molar-refractivity contribution >= 4 is 29.3 Å². The standard InChI is InChI=1S/C16H16ClN5S/c17-14-8-6-13(7-9-14)12-23-11-10-18-16-19-20-21-22(16)15-4-2-1-3-5-15/h1-9H,10-12H2,(H,18,19,21). The summed E-state index contributed by atoms with van der Waals surface area (Å²) in [6.45, 7) is 0.797. The highest BCUT2D eigenvalue weighted by Crippen LogP contribution is 2.16. The number of aromatic nitrogens is 4. The van der Waals surface area contributed by atoms with Gasteiger partial charge in [0.05, 0.1) is 5.69 Å². The van der Waals surface area contributed by atoms with Gasteiger partial charge in [-0.2, -0.15) is 16.4 Å². The zero-order chi connectivity index (χ0) is 15.9. The fourth-order valence-electron chi connectivity index (χ4n) is 2.05. The first-order chi connectivity index (χ1) is 11.3. The van der Waals surface area contributed by atoms with Crippen molar-refractivity contribution < 1.29 is 0 Å². The largest absolute Gasteiger partial charge is 0.352 e. The first kappa shape index (κ1) is 15.8. The molecule has 3 rings (SSSR count). The summed E-state index contributed by atoms with van der Waals surface area (Å²) in [5.74, 6) is 2.58. The number of para-hydroxylation sites is 1. The minimum absolute atomic E-state index is 0.656. The summed E-state index contributed by atoms with van der Waals surface area (Å²) in [5, 5.41) is 15.8. The number of tetrazole rings is 1. The van der Waals surface area contributed by atoms with Crippen molar-refractivity contribution in [3.8, 4) is 5.69 Å². The highest BCUT2D eigenvalue weighted by Gasteiger charge is 2.06. The summed E-state index contributed by atoms with van der Waals surface area (Å²) in [4.78, 5) is 0. The van der Waals surface area contributed by atoms with Crippen LogP contribution in [0.3, 0.4) is 0 Å². The molecule has 0 radical (unpaired) electrons. The molecule has 5 nitrogen and oxygen atoms in total. The summed E-state index contributed by atoms with van der Waals surface area (Å²) in [6.07, 6.45) is 0. The molecule has 3 aromatic rings. The SMILES string of the molecule is Clc1ccc(CSCCNc2nnnn2-c2ccccc2)cc1. The van der Waals surface area contributed by atoms with Crippen LogP contribution < -0.4 is 5.32 Å². The molecule has 23 heavy (non-hydrogen) atoms. The minimum Gasteiger partial charge on any atom is -0.352 e. The van der Waals surface area contributed by atoms with E-state index in [1.54, 1.807) is 4.68 Å². The molecule has 0 unspecified atom stereocenters. The number of anilines is 1. The van der Waals surface area contributed by atoms with Gasteiger partial charge in [-0.25, -0.2) is 0 Å². The van der Waals surface area contributed by atoms with Crippen LogP contribution in [-0.2, 0) is 5.75 Å². The molecule has 2 aromatic carbocycles. The van der Waals surface area contributed by atoms with Crippen molar-refractivity contribution in [3.05, 3.63) is 65.2 Å². The van der Waals surface area contributed by atoms with Crippen LogP contribution >= 0.6 is 23.4 Å². The zero-order valence-corrected chi connectivity index (χ0v) is 14.0. The second-order valence-corrected chi connectivity index (χ2v) is 6.40. The van der Waals surface area contributed by atoms with Gasteiger partial charge < -0.3 is 5.32 Å². The van der Waals surface area contributed by atoms with E-state index in [1.165, 1.54) is 5.56 Å². The molecule has 1 aromatic heterocycles. The molecule has 0 aliphatic heterocycles. The van der Waals surface area contributed by atoms with Crippen LogP contribution in [-0.4, -0.2) is 32.5 Å². The lowest BCUT2D eigenvalue weighted by Gasteiger charge is -2.07. The average Bonchev–Trinajstić information content (AvgIpc) is 3.05. The van der Waals surface area contributed by atoms with E-state index >= 15 is 0 Å². The van der Waals surface area contributed by atoms with Gasteiger partial charge in [0.2, 0.25) is 5.95 Å². The van der Waals surface area contributed by atoms with Crippen LogP contribution in [0, 0.1) is 0 Å². The number of nitrogens with zero attached hydrogens (tertiary/aromatic N) is 4. The van der Waals surface area contributed by atoms with Crippen molar-refractivity contribution in [2.75, 3.05) is 17.6 Å². The van der Waals surface area contributed by atoms with Gasteiger partial charge >= 0.3 is 0 Å². The quantitative estimate of drug-likeness (QED) is 0.662. The van der Waals surface area contributed by atoms with Crippen LogP contribution in [0.4, 0.5) is 5.95 Å². The summed E-state index contributed by atoms with van der Waals surface area (Å²) >= 11 is 7.73. The van der Waals surface area contributed by atoms with Crippen molar-refractivity contribution in [2.45, 2.75) is 5.75 Å². The predicted octanol–water partition coefficient (Wildman–Crippen LogP) is 3.66. The smallest absolute Gasteiger partial charge is 0.247 e. The normalized spacial score (nSPS) is 10.7. The molecule has 0 bridgehead atoms. The third-order valence-electron chi connectivity index (χ3n) is 3.18. The topological polar surface area (TPSA) is 55.6 Å². The van der Waals surface area contributed by atoms with Crippen molar-refractivity contribution in [2.24, 2.45) is 0 Å². The maximum absolute atomic E-state index is 5.88. The highest BCUT2D eigenvalue weighted by atomic mass is 35.5. The third kappa shape index (κ3) is 4.46. The zero-order valence-electron chi connectivity index (χ0n) is 12.4. The molecular weight excluding hydrogens is 330 g/mol. The molecule has 0 spiro atoms. The maximum atomic E-state index is 5.88. The predicted molar refractivity (Wildman–Crippen MR) is 95.3 cm³/mol. The van der Waals surface area contributed by atoms with E-state index < -0.39 is 0 Å². The second-order valence-electron chi connectivity index (χ2n) is 4.86. The molecule has 1 N–H and O–H groups in total. The molecule has 0 amide bonds. The number of hydrogen-bond acceptors (Lipinski definition) is 5. The van der Waals surface area contributed by atoms with Crippen molar-refractivity contribution in [3.63, 3.8) is 0 Å². The Bertz CT molecular complexity index is 730. The summed E-state index contributed by atoms with van der Waals surface area (Å²) < 4.78 is 1.70. The molecule has 0 saturated carbocycles. The van der Waals surface area contributed by atoms with Gasteiger partial charge in [0, 0.05) is 23.1 Å². The number of nitrogens with one attached hydrogen (secondary N) is 1. The minimum atomic E-state index is 0.656. The van der Waals surface area contributed by atoms with Crippen molar-refractivity contribution in [1.29, 1.82) is 0 Å². The van der Waals surface area contributed by atoms with Crippen LogP contribution in [0.25, 0.3) is 5.69 Å². The molecule has 7 heteroatoms. The summed E-state index contributed by atoms with van der Waals surface area (Å²) in [6, 6.07) is 17.8. The number of halogens is 1. The Hall–Kier alpha value is -2.05. The fourth-order valence-corrected chi connectivity index (χ4v) is 2.99. The van der Waals surface area contributed by atoms with Gasteiger partial charge in [0.25, 0.3) is 0 Å². The second kappa shape index (κ2) is 7.99. The van der Waals surface area contributed by atoms with E-state index in [0.29, 0.717) is 5.95 Å². The Balaban J connectivity index is 1.46. The Morgan fingerprint density at radius 1 is 1.04 bits per heavy atom. The Kier molecular flexibility index (Phi) is 5.50. The van der Waals surface area contributed by atoms with E-state index in [2.05, 4.69) is 33.0 Å². The number of benzene rings is 2. The molecule has 0 atom stereocenters. The van der Waals surface area contributed by atoms with Gasteiger partial charge in [-0.15, -0.1) is 0 Å². The van der Waals surface area contributed by atoms with Gasteiger partial charge in [0.15, 0.2) is 0 Å². The van der Waals surface area contributed by atoms with Crippen LogP contribution in [0.2, 0.25) is 5.02 Å². The molecule has 1 heterocycles. The Morgan fingerprint density at radius 2 is 1.83 bits per heavy atom. The van der Waals surface area contributed by atoms with E-state index in [0.717, 1.165) is 28.8 Å².